The zero-order chi connectivity index (χ0) is 13.5. The summed E-state index contributed by atoms with van der Waals surface area (Å²) in [6.07, 6.45) is 2.11. The van der Waals surface area contributed by atoms with Crippen LogP contribution in [0.2, 0.25) is 0 Å². The number of hydrogen-bond acceptors (Lipinski definition) is 3. The van der Waals surface area contributed by atoms with E-state index in [0.717, 1.165) is 28.8 Å². The molecule has 0 bridgehead atoms. The number of carbonyl (C=O) groups is 1. The van der Waals surface area contributed by atoms with Crippen LogP contribution in [0.15, 0.2) is 27.6 Å². The van der Waals surface area contributed by atoms with Crippen LogP contribution in [0, 0.1) is 0 Å². The van der Waals surface area contributed by atoms with Gasteiger partial charge in [-0.3, -0.25) is 4.79 Å². The SMILES string of the molecule is CCCCNC(=O)C(C)Sc1ccc(N)cc1Br. The first-order valence-corrected chi connectivity index (χ1v) is 7.71. The van der Waals surface area contributed by atoms with Gasteiger partial charge in [-0.05, 0) is 47.5 Å². The fraction of sp³-hybridized carbons (Fsp3) is 0.462. The molecule has 0 aromatic heterocycles. The third-order valence-corrected chi connectivity index (χ3v) is 4.55. The van der Waals surface area contributed by atoms with Gasteiger partial charge in [-0.25, -0.2) is 0 Å². The first-order chi connectivity index (χ1) is 8.54. The number of unbranched alkanes of at least 4 members (excludes halogenated alkanes) is 1. The Morgan fingerprint density at radius 3 is 2.89 bits per heavy atom. The number of thioether (sulfide) groups is 1. The minimum Gasteiger partial charge on any atom is -0.399 e. The van der Waals surface area contributed by atoms with Crippen molar-refractivity contribution in [3.8, 4) is 0 Å². The molecular weight excluding hydrogens is 312 g/mol. The Morgan fingerprint density at radius 2 is 2.28 bits per heavy atom. The summed E-state index contributed by atoms with van der Waals surface area (Å²) in [7, 11) is 0. The van der Waals surface area contributed by atoms with Crippen molar-refractivity contribution < 1.29 is 4.79 Å². The molecule has 1 rings (SSSR count). The van der Waals surface area contributed by atoms with Gasteiger partial charge in [0.25, 0.3) is 0 Å². The van der Waals surface area contributed by atoms with Gasteiger partial charge in [-0.1, -0.05) is 13.3 Å². The molecule has 3 nitrogen and oxygen atoms in total. The highest BCUT2D eigenvalue weighted by Gasteiger charge is 2.15. The second-order valence-electron chi connectivity index (χ2n) is 4.09. The molecule has 1 atom stereocenters. The van der Waals surface area contributed by atoms with Crippen LogP contribution in [0.25, 0.3) is 0 Å². The minimum absolute atomic E-state index is 0.0807. The maximum Gasteiger partial charge on any atom is 0.233 e. The maximum absolute atomic E-state index is 11.8. The van der Waals surface area contributed by atoms with Crippen molar-refractivity contribution >= 4 is 39.3 Å². The summed E-state index contributed by atoms with van der Waals surface area (Å²) in [6, 6.07) is 5.62. The van der Waals surface area contributed by atoms with E-state index in [-0.39, 0.29) is 11.2 Å². The van der Waals surface area contributed by atoms with E-state index in [1.54, 1.807) is 0 Å². The lowest BCUT2D eigenvalue weighted by molar-refractivity contribution is -0.120. The van der Waals surface area contributed by atoms with Gasteiger partial charge in [0.2, 0.25) is 5.91 Å². The Balaban J connectivity index is 2.53. The smallest absolute Gasteiger partial charge is 0.233 e. The lowest BCUT2D eigenvalue weighted by Crippen LogP contribution is -2.31. The normalized spacial score (nSPS) is 12.2. The fourth-order valence-corrected chi connectivity index (χ4v) is 2.95. The zero-order valence-corrected chi connectivity index (χ0v) is 13.1. The summed E-state index contributed by atoms with van der Waals surface area (Å²) in [5.41, 5.74) is 6.39. The van der Waals surface area contributed by atoms with Gasteiger partial charge in [0, 0.05) is 21.6 Å². The quantitative estimate of drug-likeness (QED) is 0.477. The predicted octanol–water partition coefficient (Wildman–Crippen LogP) is 3.43. The highest BCUT2D eigenvalue weighted by Crippen LogP contribution is 2.32. The Hall–Kier alpha value is -0.680. The molecule has 1 aromatic rings. The Bertz CT molecular complexity index is 412. The Kier molecular flexibility index (Phi) is 6.57. The average Bonchev–Trinajstić information content (AvgIpc) is 2.32. The van der Waals surface area contributed by atoms with E-state index in [1.165, 1.54) is 11.8 Å². The largest absolute Gasteiger partial charge is 0.399 e. The molecule has 18 heavy (non-hydrogen) atoms. The lowest BCUT2D eigenvalue weighted by Gasteiger charge is -2.13. The topological polar surface area (TPSA) is 55.1 Å². The van der Waals surface area contributed by atoms with Crippen LogP contribution in [0.5, 0.6) is 0 Å². The van der Waals surface area contributed by atoms with Crippen LogP contribution >= 0.6 is 27.7 Å². The summed E-state index contributed by atoms with van der Waals surface area (Å²) in [4.78, 5) is 12.9. The number of hydrogen-bond donors (Lipinski definition) is 2. The number of anilines is 1. The second-order valence-corrected chi connectivity index (χ2v) is 6.33. The number of amides is 1. The summed E-state index contributed by atoms with van der Waals surface area (Å²) >= 11 is 4.99. The standard InChI is InChI=1S/C13H19BrN2OS/c1-3-4-7-16-13(17)9(2)18-12-6-5-10(15)8-11(12)14/h5-6,8-9H,3-4,7,15H2,1-2H3,(H,16,17). The number of nitrogens with two attached hydrogens (primary N) is 1. The van der Waals surface area contributed by atoms with E-state index in [9.17, 15) is 4.79 Å². The molecule has 0 saturated carbocycles. The number of benzene rings is 1. The number of halogens is 1. The van der Waals surface area contributed by atoms with Gasteiger partial charge < -0.3 is 11.1 Å². The Morgan fingerprint density at radius 1 is 1.56 bits per heavy atom. The third-order valence-electron chi connectivity index (χ3n) is 2.46. The average molecular weight is 331 g/mol. The van der Waals surface area contributed by atoms with Crippen molar-refractivity contribution in [3.63, 3.8) is 0 Å². The molecule has 5 heteroatoms. The van der Waals surface area contributed by atoms with Gasteiger partial charge in [-0.2, -0.15) is 0 Å². The highest BCUT2D eigenvalue weighted by atomic mass is 79.9. The molecule has 3 N–H and O–H groups in total. The van der Waals surface area contributed by atoms with Crippen molar-refractivity contribution in [2.75, 3.05) is 12.3 Å². The summed E-state index contributed by atoms with van der Waals surface area (Å²) in [6.45, 7) is 4.77. The van der Waals surface area contributed by atoms with Crippen LogP contribution in [0.1, 0.15) is 26.7 Å². The Labute approximate surface area is 121 Å². The molecule has 100 valence electrons. The monoisotopic (exact) mass is 330 g/mol. The van der Waals surface area contributed by atoms with E-state index in [0.29, 0.717) is 5.69 Å². The van der Waals surface area contributed by atoms with Gasteiger partial charge in [0.05, 0.1) is 5.25 Å². The van der Waals surface area contributed by atoms with Crippen LogP contribution in [0.3, 0.4) is 0 Å². The molecule has 0 fully saturated rings. The van der Waals surface area contributed by atoms with Gasteiger partial charge >= 0.3 is 0 Å². The van der Waals surface area contributed by atoms with E-state index in [2.05, 4.69) is 28.2 Å². The molecular formula is C13H19BrN2OS. The third kappa shape index (κ3) is 4.90. The van der Waals surface area contributed by atoms with E-state index < -0.39 is 0 Å². The van der Waals surface area contributed by atoms with Crippen molar-refractivity contribution in [1.82, 2.24) is 5.32 Å². The summed E-state index contributed by atoms with van der Waals surface area (Å²) in [5, 5.41) is 2.83. The fourth-order valence-electron chi connectivity index (χ4n) is 1.39. The first-order valence-electron chi connectivity index (χ1n) is 6.04. The van der Waals surface area contributed by atoms with Gasteiger partial charge in [-0.15, -0.1) is 11.8 Å². The summed E-state index contributed by atoms with van der Waals surface area (Å²) < 4.78 is 0.931. The van der Waals surface area contributed by atoms with Gasteiger partial charge in [0.15, 0.2) is 0 Å². The molecule has 0 saturated heterocycles. The predicted molar refractivity (Wildman–Crippen MR) is 81.8 cm³/mol. The second kappa shape index (κ2) is 7.69. The van der Waals surface area contributed by atoms with Crippen LogP contribution in [-0.4, -0.2) is 17.7 Å². The molecule has 0 heterocycles. The first kappa shape index (κ1) is 15.4. The molecule has 0 aliphatic heterocycles. The molecule has 0 aliphatic rings. The van der Waals surface area contributed by atoms with Crippen LogP contribution < -0.4 is 11.1 Å². The van der Waals surface area contributed by atoms with Crippen LogP contribution in [-0.2, 0) is 4.79 Å². The van der Waals surface area contributed by atoms with Crippen molar-refractivity contribution in [3.05, 3.63) is 22.7 Å². The van der Waals surface area contributed by atoms with Crippen LogP contribution in [0.4, 0.5) is 5.69 Å². The maximum atomic E-state index is 11.8. The molecule has 1 amide bonds. The molecule has 0 radical (unpaired) electrons. The highest BCUT2D eigenvalue weighted by molar-refractivity contribution is 9.10. The number of nitrogen functional groups attached to an aromatic ring is 1. The van der Waals surface area contributed by atoms with Crippen molar-refractivity contribution in [2.45, 2.75) is 36.8 Å². The summed E-state index contributed by atoms with van der Waals surface area (Å²) in [5.74, 6) is 0.0807. The lowest BCUT2D eigenvalue weighted by atomic mass is 10.3. The van der Waals surface area contributed by atoms with E-state index in [4.69, 9.17) is 5.73 Å². The molecule has 1 aromatic carbocycles. The van der Waals surface area contributed by atoms with E-state index in [1.807, 2.05) is 25.1 Å². The number of nitrogens with one attached hydrogen (secondary N) is 1. The van der Waals surface area contributed by atoms with Crippen molar-refractivity contribution in [1.29, 1.82) is 0 Å². The molecule has 0 spiro atoms. The van der Waals surface area contributed by atoms with Crippen molar-refractivity contribution in [2.24, 2.45) is 0 Å². The van der Waals surface area contributed by atoms with Gasteiger partial charge in [0.1, 0.15) is 0 Å². The molecule has 0 aliphatic carbocycles. The number of carbonyl (C=O) groups excluding carboxylic acids is 1. The van der Waals surface area contributed by atoms with E-state index >= 15 is 0 Å². The number of rotatable bonds is 6. The molecule has 1 unspecified atom stereocenters. The minimum atomic E-state index is -0.109. The zero-order valence-electron chi connectivity index (χ0n) is 10.7.